The van der Waals surface area contributed by atoms with Crippen LogP contribution in [0.3, 0.4) is 0 Å². The summed E-state index contributed by atoms with van der Waals surface area (Å²) in [6.45, 7) is 2.40. The standard InChI is InChI=1S/C18H21ClN4O/c19-15-7-3-2-6-14(15)12-18(24)21-13-16-20-9-8-17(22-16)23-10-4-1-5-11-23/h2-3,6-9H,1,4-5,10-13H2,(H,21,24). The van der Waals surface area contributed by atoms with Crippen molar-refractivity contribution >= 4 is 23.3 Å². The van der Waals surface area contributed by atoms with Crippen molar-refractivity contribution in [2.45, 2.75) is 32.2 Å². The van der Waals surface area contributed by atoms with Gasteiger partial charge in [-0.3, -0.25) is 4.79 Å². The van der Waals surface area contributed by atoms with E-state index in [1.54, 1.807) is 12.3 Å². The fourth-order valence-corrected chi connectivity index (χ4v) is 3.03. The van der Waals surface area contributed by atoms with Crippen molar-refractivity contribution in [3.8, 4) is 0 Å². The fraction of sp³-hybridized carbons (Fsp3) is 0.389. The molecule has 0 radical (unpaired) electrons. The molecule has 0 spiro atoms. The van der Waals surface area contributed by atoms with Crippen LogP contribution in [0.15, 0.2) is 36.5 Å². The summed E-state index contributed by atoms with van der Waals surface area (Å²) in [6, 6.07) is 9.30. The Hall–Kier alpha value is -2.14. The van der Waals surface area contributed by atoms with E-state index in [0.29, 0.717) is 17.4 Å². The highest BCUT2D eigenvalue weighted by molar-refractivity contribution is 6.31. The third kappa shape index (κ3) is 4.45. The number of nitrogens with zero attached hydrogens (tertiary/aromatic N) is 3. The lowest BCUT2D eigenvalue weighted by molar-refractivity contribution is -0.120. The summed E-state index contributed by atoms with van der Waals surface area (Å²) in [5.74, 6) is 1.49. The van der Waals surface area contributed by atoms with Crippen LogP contribution in [0.4, 0.5) is 5.82 Å². The molecular formula is C18H21ClN4O. The van der Waals surface area contributed by atoms with E-state index in [1.807, 2.05) is 24.3 Å². The number of amides is 1. The molecule has 5 nitrogen and oxygen atoms in total. The second kappa shape index (κ2) is 8.11. The molecule has 1 amide bonds. The molecule has 1 saturated heterocycles. The smallest absolute Gasteiger partial charge is 0.224 e. The van der Waals surface area contributed by atoms with E-state index in [2.05, 4.69) is 20.2 Å². The monoisotopic (exact) mass is 344 g/mol. The van der Waals surface area contributed by atoms with Crippen LogP contribution < -0.4 is 10.2 Å². The highest BCUT2D eigenvalue weighted by Gasteiger charge is 2.13. The molecule has 1 N–H and O–H groups in total. The Morgan fingerprint density at radius 3 is 2.75 bits per heavy atom. The molecule has 0 atom stereocenters. The van der Waals surface area contributed by atoms with Gasteiger partial charge in [0.1, 0.15) is 11.6 Å². The first-order chi connectivity index (χ1) is 11.7. The van der Waals surface area contributed by atoms with Crippen molar-refractivity contribution in [2.24, 2.45) is 0 Å². The maximum Gasteiger partial charge on any atom is 0.224 e. The predicted octanol–water partition coefficient (Wildman–Crippen LogP) is 2.98. The van der Waals surface area contributed by atoms with Crippen molar-refractivity contribution in [2.75, 3.05) is 18.0 Å². The molecule has 6 heteroatoms. The number of hydrogen-bond donors (Lipinski definition) is 1. The lowest BCUT2D eigenvalue weighted by atomic mass is 10.1. The Balaban J connectivity index is 1.56. The van der Waals surface area contributed by atoms with Gasteiger partial charge >= 0.3 is 0 Å². The first-order valence-corrected chi connectivity index (χ1v) is 8.67. The summed E-state index contributed by atoms with van der Waals surface area (Å²) in [6.07, 6.45) is 5.70. The zero-order valence-corrected chi connectivity index (χ0v) is 14.3. The van der Waals surface area contributed by atoms with E-state index in [4.69, 9.17) is 11.6 Å². The molecule has 0 unspecified atom stereocenters. The zero-order valence-electron chi connectivity index (χ0n) is 13.5. The molecule has 2 heterocycles. The van der Waals surface area contributed by atoms with E-state index in [9.17, 15) is 4.79 Å². The molecule has 126 valence electrons. The van der Waals surface area contributed by atoms with Gasteiger partial charge in [-0.05, 0) is 37.0 Å². The molecule has 24 heavy (non-hydrogen) atoms. The molecule has 1 aliphatic heterocycles. The lowest BCUT2D eigenvalue weighted by Gasteiger charge is -2.27. The van der Waals surface area contributed by atoms with Crippen LogP contribution in [0.1, 0.15) is 30.7 Å². The minimum Gasteiger partial charge on any atom is -0.357 e. The molecule has 1 aliphatic rings. The predicted molar refractivity (Wildman–Crippen MR) is 95.1 cm³/mol. The van der Waals surface area contributed by atoms with E-state index >= 15 is 0 Å². The molecule has 1 fully saturated rings. The second-order valence-electron chi connectivity index (χ2n) is 5.92. The van der Waals surface area contributed by atoms with Crippen molar-refractivity contribution in [1.29, 1.82) is 0 Å². The average Bonchev–Trinajstić information content (AvgIpc) is 2.63. The van der Waals surface area contributed by atoms with Gasteiger partial charge in [-0.15, -0.1) is 0 Å². The summed E-state index contributed by atoms with van der Waals surface area (Å²) in [5, 5.41) is 3.47. The summed E-state index contributed by atoms with van der Waals surface area (Å²) >= 11 is 6.08. The Kier molecular flexibility index (Phi) is 5.64. The van der Waals surface area contributed by atoms with Crippen LogP contribution in [-0.4, -0.2) is 29.0 Å². The van der Waals surface area contributed by atoms with Crippen LogP contribution >= 0.6 is 11.6 Å². The number of benzene rings is 1. The quantitative estimate of drug-likeness (QED) is 0.906. The Labute approximate surface area is 147 Å². The molecule has 0 aliphatic carbocycles. The molecular weight excluding hydrogens is 324 g/mol. The minimum atomic E-state index is -0.0879. The van der Waals surface area contributed by atoms with Crippen LogP contribution in [0, 0.1) is 0 Å². The molecule has 2 aromatic rings. The van der Waals surface area contributed by atoms with Crippen LogP contribution in [0.2, 0.25) is 5.02 Å². The number of aromatic nitrogens is 2. The van der Waals surface area contributed by atoms with Gasteiger partial charge in [0, 0.05) is 24.3 Å². The minimum absolute atomic E-state index is 0.0879. The number of hydrogen-bond acceptors (Lipinski definition) is 4. The van der Waals surface area contributed by atoms with E-state index in [1.165, 1.54) is 19.3 Å². The van der Waals surface area contributed by atoms with Gasteiger partial charge in [0.25, 0.3) is 0 Å². The molecule has 1 aromatic heterocycles. The van der Waals surface area contributed by atoms with E-state index < -0.39 is 0 Å². The largest absolute Gasteiger partial charge is 0.357 e. The fourth-order valence-electron chi connectivity index (χ4n) is 2.83. The summed E-state index contributed by atoms with van der Waals surface area (Å²) in [4.78, 5) is 23.2. The van der Waals surface area contributed by atoms with Gasteiger partial charge in [-0.2, -0.15) is 0 Å². The summed E-state index contributed by atoms with van der Waals surface area (Å²) < 4.78 is 0. The van der Waals surface area contributed by atoms with Gasteiger partial charge in [0.2, 0.25) is 5.91 Å². The van der Waals surface area contributed by atoms with E-state index in [0.717, 1.165) is 24.5 Å². The summed E-state index contributed by atoms with van der Waals surface area (Å²) in [7, 11) is 0. The number of piperidine rings is 1. The number of nitrogens with one attached hydrogen (secondary N) is 1. The number of carbonyl (C=O) groups is 1. The maximum absolute atomic E-state index is 12.1. The molecule has 1 aromatic carbocycles. The Morgan fingerprint density at radius 2 is 1.96 bits per heavy atom. The van der Waals surface area contributed by atoms with Gasteiger partial charge in [0.05, 0.1) is 13.0 Å². The highest BCUT2D eigenvalue weighted by Crippen LogP contribution is 2.17. The van der Waals surface area contributed by atoms with Gasteiger partial charge in [0.15, 0.2) is 0 Å². The second-order valence-corrected chi connectivity index (χ2v) is 6.33. The first kappa shape index (κ1) is 16.7. The van der Waals surface area contributed by atoms with Crippen molar-refractivity contribution < 1.29 is 4.79 Å². The third-order valence-corrected chi connectivity index (χ3v) is 4.49. The van der Waals surface area contributed by atoms with Gasteiger partial charge in [-0.1, -0.05) is 29.8 Å². The number of rotatable bonds is 5. The normalized spacial score (nSPS) is 14.5. The van der Waals surface area contributed by atoms with Crippen molar-refractivity contribution in [1.82, 2.24) is 15.3 Å². The number of halogens is 1. The lowest BCUT2D eigenvalue weighted by Crippen LogP contribution is -2.31. The van der Waals surface area contributed by atoms with Crippen molar-refractivity contribution in [3.63, 3.8) is 0 Å². The number of carbonyl (C=O) groups excluding carboxylic acids is 1. The van der Waals surface area contributed by atoms with Crippen molar-refractivity contribution in [3.05, 3.63) is 52.9 Å². The van der Waals surface area contributed by atoms with E-state index in [-0.39, 0.29) is 12.3 Å². The van der Waals surface area contributed by atoms with Crippen LogP contribution in [0.5, 0.6) is 0 Å². The Bertz CT molecular complexity index is 701. The zero-order chi connectivity index (χ0) is 16.8. The SMILES string of the molecule is O=C(Cc1ccccc1Cl)NCc1nccc(N2CCCCC2)n1. The topological polar surface area (TPSA) is 58.1 Å². The average molecular weight is 345 g/mol. The first-order valence-electron chi connectivity index (χ1n) is 8.29. The number of anilines is 1. The summed E-state index contributed by atoms with van der Waals surface area (Å²) in [5.41, 5.74) is 0.819. The van der Waals surface area contributed by atoms with Crippen LogP contribution in [0.25, 0.3) is 0 Å². The van der Waals surface area contributed by atoms with Gasteiger partial charge in [-0.25, -0.2) is 9.97 Å². The molecule has 3 rings (SSSR count). The third-order valence-electron chi connectivity index (χ3n) is 4.12. The molecule has 0 bridgehead atoms. The molecule has 0 saturated carbocycles. The highest BCUT2D eigenvalue weighted by atomic mass is 35.5. The van der Waals surface area contributed by atoms with Crippen LogP contribution in [-0.2, 0) is 17.8 Å². The Morgan fingerprint density at radius 1 is 1.17 bits per heavy atom. The maximum atomic E-state index is 12.1. The van der Waals surface area contributed by atoms with Gasteiger partial charge < -0.3 is 10.2 Å².